The van der Waals surface area contributed by atoms with E-state index in [1.807, 2.05) is 13.8 Å². The molecule has 1 rings (SSSR count). The molecule has 0 saturated carbocycles. The van der Waals surface area contributed by atoms with Crippen LogP contribution in [-0.4, -0.2) is 41.4 Å². The van der Waals surface area contributed by atoms with Crippen molar-refractivity contribution in [1.29, 1.82) is 0 Å². The summed E-state index contributed by atoms with van der Waals surface area (Å²) in [7, 11) is 0. The highest BCUT2D eigenvalue weighted by Gasteiger charge is 2.23. The number of ether oxygens (including phenoxy) is 1. The molecule has 82 valence electrons. The summed E-state index contributed by atoms with van der Waals surface area (Å²) in [6.07, 6.45) is 1.65. The van der Waals surface area contributed by atoms with Crippen molar-refractivity contribution in [2.45, 2.75) is 45.3 Å². The zero-order valence-electron chi connectivity index (χ0n) is 8.90. The van der Waals surface area contributed by atoms with Crippen molar-refractivity contribution in [1.82, 2.24) is 4.90 Å². The van der Waals surface area contributed by atoms with Crippen LogP contribution < -0.4 is 0 Å². The summed E-state index contributed by atoms with van der Waals surface area (Å²) in [6.45, 7) is 5.08. The Hall–Kier alpha value is -0.770. The average Bonchev–Trinajstić information content (AvgIpc) is 2.18. The molecule has 1 aliphatic heterocycles. The van der Waals surface area contributed by atoms with Crippen molar-refractivity contribution in [3.63, 3.8) is 0 Å². The first-order valence-corrected chi connectivity index (χ1v) is 5.27. The lowest BCUT2D eigenvalue weighted by Crippen LogP contribution is -2.41. The van der Waals surface area contributed by atoms with Crippen LogP contribution in [0.4, 0.5) is 4.79 Å². The molecule has 0 aromatic carbocycles. The normalized spacial score (nSPS) is 20.6. The van der Waals surface area contributed by atoms with Gasteiger partial charge in [-0.05, 0) is 26.2 Å². The molecule has 1 atom stereocenters. The van der Waals surface area contributed by atoms with E-state index in [1.165, 1.54) is 0 Å². The standard InChI is InChI=1S/C10H19NO3/c1-3-8(2)14-10(13)11-6-4-9(12)5-7-11/h8-9,12H,3-7H2,1-2H3. The Morgan fingerprint density at radius 3 is 2.64 bits per heavy atom. The highest BCUT2D eigenvalue weighted by atomic mass is 16.6. The minimum absolute atomic E-state index is 0.0191. The number of hydrogen-bond acceptors (Lipinski definition) is 3. The third kappa shape index (κ3) is 3.18. The van der Waals surface area contributed by atoms with Crippen LogP contribution >= 0.6 is 0 Å². The van der Waals surface area contributed by atoms with Gasteiger partial charge in [-0.2, -0.15) is 0 Å². The van der Waals surface area contributed by atoms with Gasteiger partial charge in [-0.3, -0.25) is 0 Å². The number of amides is 1. The van der Waals surface area contributed by atoms with Gasteiger partial charge in [0, 0.05) is 13.1 Å². The minimum Gasteiger partial charge on any atom is -0.446 e. The summed E-state index contributed by atoms with van der Waals surface area (Å²) in [5.41, 5.74) is 0. The minimum atomic E-state index is -0.248. The maximum atomic E-state index is 11.5. The molecule has 1 aliphatic rings. The van der Waals surface area contributed by atoms with E-state index >= 15 is 0 Å². The molecule has 0 bridgehead atoms. The van der Waals surface area contributed by atoms with E-state index in [4.69, 9.17) is 4.74 Å². The van der Waals surface area contributed by atoms with E-state index in [2.05, 4.69) is 0 Å². The van der Waals surface area contributed by atoms with Gasteiger partial charge in [0.15, 0.2) is 0 Å². The topological polar surface area (TPSA) is 49.8 Å². The second kappa shape index (κ2) is 5.20. The Bertz CT molecular complexity index is 188. The van der Waals surface area contributed by atoms with Crippen molar-refractivity contribution >= 4 is 6.09 Å². The molecule has 14 heavy (non-hydrogen) atoms. The lowest BCUT2D eigenvalue weighted by atomic mass is 10.1. The summed E-state index contributed by atoms with van der Waals surface area (Å²) < 4.78 is 5.18. The number of piperidine rings is 1. The Labute approximate surface area is 84.8 Å². The van der Waals surface area contributed by atoms with Gasteiger partial charge >= 0.3 is 6.09 Å². The van der Waals surface area contributed by atoms with Crippen molar-refractivity contribution in [3.8, 4) is 0 Å². The highest BCUT2D eigenvalue weighted by molar-refractivity contribution is 5.67. The molecule has 1 saturated heterocycles. The molecule has 0 aliphatic carbocycles. The lowest BCUT2D eigenvalue weighted by Gasteiger charge is -2.29. The monoisotopic (exact) mass is 201 g/mol. The van der Waals surface area contributed by atoms with Crippen LogP contribution in [0.1, 0.15) is 33.1 Å². The third-order valence-electron chi connectivity index (χ3n) is 2.60. The van der Waals surface area contributed by atoms with Crippen LogP contribution in [0.3, 0.4) is 0 Å². The second-order valence-corrected chi connectivity index (χ2v) is 3.82. The number of carbonyl (C=O) groups excluding carboxylic acids is 1. The fourth-order valence-electron chi connectivity index (χ4n) is 1.38. The maximum absolute atomic E-state index is 11.5. The van der Waals surface area contributed by atoms with E-state index in [0.29, 0.717) is 25.9 Å². The molecule has 4 heteroatoms. The predicted octanol–water partition coefficient (Wildman–Crippen LogP) is 1.38. The van der Waals surface area contributed by atoms with E-state index in [1.54, 1.807) is 4.90 Å². The molecule has 0 spiro atoms. The van der Waals surface area contributed by atoms with Crippen LogP contribution in [-0.2, 0) is 4.74 Å². The number of carbonyl (C=O) groups is 1. The molecule has 1 fully saturated rings. The summed E-state index contributed by atoms with van der Waals surface area (Å²) in [5.74, 6) is 0. The van der Waals surface area contributed by atoms with E-state index in [0.717, 1.165) is 6.42 Å². The van der Waals surface area contributed by atoms with Gasteiger partial charge in [0.25, 0.3) is 0 Å². The number of hydrogen-bond donors (Lipinski definition) is 1. The summed E-state index contributed by atoms with van der Waals surface area (Å²) >= 11 is 0. The van der Waals surface area contributed by atoms with Gasteiger partial charge in [0.1, 0.15) is 6.10 Å². The SMILES string of the molecule is CCC(C)OC(=O)N1CCC(O)CC1. The smallest absolute Gasteiger partial charge is 0.410 e. The molecule has 1 amide bonds. The van der Waals surface area contributed by atoms with Gasteiger partial charge in [0.05, 0.1) is 6.10 Å². The number of aliphatic hydroxyl groups excluding tert-OH is 1. The van der Waals surface area contributed by atoms with Crippen molar-refractivity contribution < 1.29 is 14.6 Å². The average molecular weight is 201 g/mol. The van der Waals surface area contributed by atoms with Gasteiger partial charge < -0.3 is 14.7 Å². The fourth-order valence-corrected chi connectivity index (χ4v) is 1.38. The molecule has 0 aromatic rings. The second-order valence-electron chi connectivity index (χ2n) is 3.82. The van der Waals surface area contributed by atoms with Gasteiger partial charge in [-0.25, -0.2) is 4.79 Å². The molecule has 0 radical (unpaired) electrons. The Morgan fingerprint density at radius 1 is 1.57 bits per heavy atom. The maximum Gasteiger partial charge on any atom is 0.410 e. The van der Waals surface area contributed by atoms with Crippen LogP contribution in [0.2, 0.25) is 0 Å². The largest absolute Gasteiger partial charge is 0.446 e. The zero-order valence-corrected chi connectivity index (χ0v) is 8.90. The van der Waals surface area contributed by atoms with Crippen LogP contribution in [0, 0.1) is 0 Å². The van der Waals surface area contributed by atoms with Crippen LogP contribution in [0.5, 0.6) is 0 Å². The van der Waals surface area contributed by atoms with Crippen LogP contribution in [0.15, 0.2) is 0 Å². The third-order valence-corrected chi connectivity index (χ3v) is 2.60. The van der Waals surface area contributed by atoms with Gasteiger partial charge in [-0.1, -0.05) is 6.92 Å². The Balaban J connectivity index is 2.30. The van der Waals surface area contributed by atoms with E-state index in [9.17, 15) is 9.90 Å². The number of aliphatic hydroxyl groups is 1. The predicted molar refractivity (Wildman–Crippen MR) is 53.0 cm³/mol. The zero-order chi connectivity index (χ0) is 10.6. The van der Waals surface area contributed by atoms with Gasteiger partial charge in [0.2, 0.25) is 0 Å². The number of likely N-dealkylation sites (tertiary alicyclic amines) is 1. The molecular formula is C10H19NO3. The molecule has 1 heterocycles. The Morgan fingerprint density at radius 2 is 2.14 bits per heavy atom. The molecule has 4 nitrogen and oxygen atoms in total. The first-order chi connectivity index (χ1) is 6.63. The molecule has 1 N–H and O–H groups in total. The van der Waals surface area contributed by atoms with Gasteiger partial charge in [-0.15, -0.1) is 0 Å². The van der Waals surface area contributed by atoms with Crippen LogP contribution in [0.25, 0.3) is 0 Å². The van der Waals surface area contributed by atoms with E-state index in [-0.39, 0.29) is 18.3 Å². The number of rotatable bonds is 2. The molecule has 1 unspecified atom stereocenters. The van der Waals surface area contributed by atoms with Crippen molar-refractivity contribution in [2.75, 3.05) is 13.1 Å². The van der Waals surface area contributed by atoms with E-state index < -0.39 is 0 Å². The fraction of sp³-hybridized carbons (Fsp3) is 0.900. The first-order valence-electron chi connectivity index (χ1n) is 5.27. The quantitative estimate of drug-likeness (QED) is 0.734. The highest BCUT2D eigenvalue weighted by Crippen LogP contribution is 2.12. The summed E-state index contributed by atoms with van der Waals surface area (Å²) in [4.78, 5) is 13.2. The van der Waals surface area contributed by atoms with Crippen molar-refractivity contribution in [2.24, 2.45) is 0 Å². The van der Waals surface area contributed by atoms with Crippen molar-refractivity contribution in [3.05, 3.63) is 0 Å². The summed E-state index contributed by atoms with van der Waals surface area (Å²) in [6, 6.07) is 0. The lowest BCUT2D eigenvalue weighted by molar-refractivity contribution is 0.0407. The number of nitrogens with zero attached hydrogens (tertiary/aromatic N) is 1. The molecule has 0 aromatic heterocycles. The summed E-state index contributed by atoms with van der Waals surface area (Å²) in [5, 5.41) is 9.26. The Kier molecular flexibility index (Phi) is 4.20. The first kappa shape index (κ1) is 11.3. The molecular weight excluding hydrogens is 182 g/mol.